The van der Waals surface area contributed by atoms with E-state index in [9.17, 15) is 19.2 Å². The van der Waals surface area contributed by atoms with Crippen molar-refractivity contribution in [3.05, 3.63) is 116 Å². The molecule has 4 heterocycles. The number of likely N-dealkylation sites (tertiary alicyclic amines) is 1. The van der Waals surface area contributed by atoms with E-state index in [0.29, 0.717) is 44.0 Å². The summed E-state index contributed by atoms with van der Waals surface area (Å²) in [6.07, 6.45) is 13.7. The molecule has 1 aromatic heterocycles. The Balaban J connectivity index is 0.000000317. The number of carbonyl (C=O) groups is 2. The van der Waals surface area contributed by atoms with Crippen LogP contribution in [0.25, 0.3) is 11.4 Å². The lowest BCUT2D eigenvalue weighted by atomic mass is 9.76. The molecule has 0 bridgehead atoms. The molecule has 1 atom stereocenters. The number of piperidine rings is 1. The molecule has 272 valence electrons. The predicted molar refractivity (Wildman–Crippen MR) is 204 cm³/mol. The van der Waals surface area contributed by atoms with Crippen LogP contribution in [0.15, 0.2) is 121 Å². The molecule has 3 aliphatic rings. The normalized spacial score (nSPS) is 19.9. The number of allylic oxidation sites excluding steroid dienone is 7. The van der Waals surface area contributed by atoms with Crippen LogP contribution in [0.3, 0.4) is 0 Å². The predicted octanol–water partition coefficient (Wildman–Crippen LogP) is 5.83. The number of benzene rings is 1. The van der Waals surface area contributed by atoms with E-state index in [1.54, 1.807) is 42.9 Å². The summed E-state index contributed by atoms with van der Waals surface area (Å²) in [4.78, 5) is 40.7. The van der Waals surface area contributed by atoms with Crippen LogP contribution >= 0.6 is 0 Å². The molecule has 5 rings (SSSR count). The number of hydrogen-bond acceptors (Lipinski definition) is 9. The third kappa shape index (κ3) is 10.7. The summed E-state index contributed by atoms with van der Waals surface area (Å²) < 4.78 is 12.6. The summed E-state index contributed by atoms with van der Waals surface area (Å²) in [6, 6.07) is 12.2. The van der Waals surface area contributed by atoms with Gasteiger partial charge < -0.3 is 15.1 Å². The second-order valence-electron chi connectivity index (χ2n) is 12.9. The fraction of sp³-hybridized carbons (Fsp3) is 0.350. The van der Waals surface area contributed by atoms with Crippen molar-refractivity contribution in [2.45, 2.75) is 39.5 Å². The van der Waals surface area contributed by atoms with Crippen molar-refractivity contribution in [1.82, 2.24) is 30.5 Å². The van der Waals surface area contributed by atoms with E-state index >= 15 is 0 Å². The molecule has 3 aliphatic heterocycles. The first-order chi connectivity index (χ1) is 25.1. The Labute approximate surface area is 306 Å². The van der Waals surface area contributed by atoms with E-state index in [0.717, 1.165) is 54.2 Å². The number of piperazine rings is 1. The molecule has 0 spiro atoms. The van der Waals surface area contributed by atoms with Crippen LogP contribution in [-0.4, -0.2) is 83.1 Å². The van der Waals surface area contributed by atoms with Gasteiger partial charge in [-0.05, 0) is 87.0 Å². The molecule has 0 radical (unpaired) electrons. The van der Waals surface area contributed by atoms with Gasteiger partial charge in [0.05, 0.1) is 41.7 Å². The van der Waals surface area contributed by atoms with Crippen LogP contribution in [0.1, 0.15) is 39.5 Å². The minimum atomic E-state index is -0.775. The van der Waals surface area contributed by atoms with Gasteiger partial charge in [-0.2, -0.15) is 10.4 Å². The van der Waals surface area contributed by atoms with Gasteiger partial charge in [-0.15, -0.1) is 0 Å². The maximum atomic E-state index is 13.1. The Morgan fingerprint density at radius 1 is 1.10 bits per heavy atom. The Hall–Kier alpha value is -5.67. The van der Waals surface area contributed by atoms with Crippen molar-refractivity contribution >= 4 is 23.2 Å². The van der Waals surface area contributed by atoms with Gasteiger partial charge in [0.25, 0.3) is 0 Å². The number of carbonyl (C=O) groups excluding carboxylic acids is 2. The molecule has 2 aromatic rings. The molecule has 2 amide bonds. The van der Waals surface area contributed by atoms with E-state index in [2.05, 4.69) is 68.7 Å². The second kappa shape index (κ2) is 19.1. The summed E-state index contributed by atoms with van der Waals surface area (Å²) in [6.45, 7) is 18.8. The van der Waals surface area contributed by atoms with Crippen molar-refractivity contribution in [1.29, 1.82) is 5.26 Å². The SMILES string of the molecule is C/C=C/NC(=O)C1(CC#N)CCCN(CC(=O)N2CCN(c3ccc(-c4ncccn4)cc3)CC2)C1.C=C/C(=C\C=C(/C)F)C1=NNC(=C)C(=C)C1. The highest BCUT2D eigenvalue weighted by molar-refractivity contribution is 6.04. The fourth-order valence-corrected chi connectivity index (χ4v) is 6.23. The lowest BCUT2D eigenvalue weighted by Crippen LogP contribution is -2.55. The van der Waals surface area contributed by atoms with Crippen molar-refractivity contribution in [3.63, 3.8) is 0 Å². The maximum Gasteiger partial charge on any atom is 0.236 e. The first-order valence-electron chi connectivity index (χ1n) is 17.4. The van der Waals surface area contributed by atoms with Gasteiger partial charge in [0.1, 0.15) is 0 Å². The highest BCUT2D eigenvalue weighted by Gasteiger charge is 2.42. The molecule has 12 heteroatoms. The minimum absolute atomic E-state index is 0.0767. The van der Waals surface area contributed by atoms with Gasteiger partial charge in [0.15, 0.2) is 5.82 Å². The molecule has 1 aromatic carbocycles. The van der Waals surface area contributed by atoms with Crippen LogP contribution < -0.4 is 15.6 Å². The lowest BCUT2D eigenvalue weighted by Gasteiger charge is -2.41. The van der Waals surface area contributed by atoms with E-state index in [-0.39, 0.29) is 30.6 Å². The van der Waals surface area contributed by atoms with E-state index in [4.69, 9.17) is 0 Å². The average molecular weight is 706 g/mol. The zero-order valence-electron chi connectivity index (χ0n) is 30.2. The van der Waals surface area contributed by atoms with Gasteiger partial charge in [-0.3, -0.25) is 19.9 Å². The molecule has 2 N–H and O–H groups in total. The molecule has 11 nitrogen and oxygen atoms in total. The number of hydrogen-bond donors (Lipinski definition) is 2. The summed E-state index contributed by atoms with van der Waals surface area (Å²) in [5.41, 5.74) is 7.23. The summed E-state index contributed by atoms with van der Waals surface area (Å²) in [5.74, 6) is 0.382. The summed E-state index contributed by atoms with van der Waals surface area (Å²) in [7, 11) is 0. The largest absolute Gasteiger partial charge is 0.368 e. The van der Waals surface area contributed by atoms with Crippen molar-refractivity contribution in [2.75, 3.05) is 50.7 Å². The molecule has 0 aliphatic carbocycles. The molecule has 2 saturated heterocycles. The molecular formula is C40H48FN9O2. The zero-order valence-corrected chi connectivity index (χ0v) is 30.2. The third-order valence-electron chi connectivity index (χ3n) is 9.16. The van der Waals surface area contributed by atoms with E-state index in [1.165, 1.54) is 13.0 Å². The number of nitrogens with one attached hydrogen (secondary N) is 2. The number of nitriles is 1. The molecular weight excluding hydrogens is 657 g/mol. The zero-order chi connectivity index (χ0) is 37.5. The van der Waals surface area contributed by atoms with Crippen molar-refractivity contribution < 1.29 is 14.0 Å². The minimum Gasteiger partial charge on any atom is -0.368 e. The highest BCUT2D eigenvalue weighted by Crippen LogP contribution is 2.34. The number of halogens is 1. The third-order valence-corrected chi connectivity index (χ3v) is 9.16. The Morgan fingerprint density at radius 2 is 1.81 bits per heavy atom. The number of amides is 2. The van der Waals surface area contributed by atoms with Crippen LogP contribution in [0, 0.1) is 16.7 Å². The monoisotopic (exact) mass is 705 g/mol. The first kappa shape index (κ1) is 39.1. The number of rotatable bonds is 10. The van der Waals surface area contributed by atoms with Gasteiger partial charge >= 0.3 is 0 Å². The summed E-state index contributed by atoms with van der Waals surface area (Å²) >= 11 is 0. The Kier molecular flexibility index (Phi) is 14.4. The van der Waals surface area contributed by atoms with Crippen LogP contribution in [-0.2, 0) is 9.59 Å². The van der Waals surface area contributed by atoms with Gasteiger partial charge in [0.2, 0.25) is 11.8 Å². The molecule has 1 unspecified atom stereocenters. The van der Waals surface area contributed by atoms with Gasteiger partial charge in [0, 0.05) is 62.8 Å². The number of nitrogens with zero attached hydrogens (tertiary/aromatic N) is 7. The molecule has 2 fully saturated rings. The fourth-order valence-electron chi connectivity index (χ4n) is 6.23. The van der Waals surface area contributed by atoms with Crippen LogP contribution in [0.4, 0.5) is 10.1 Å². The topological polar surface area (TPSA) is 130 Å². The molecule has 52 heavy (non-hydrogen) atoms. The Bertz CT molecular complexity index is 1760. The van der Waals surface area contributed by atoms with Crippen molar-refractivity contribution in [2.24, 2.45) is 10.5 Å². The lowest BCUT2D eigenvalue weighted by molar-refractivity contribution is -0.138. The number of anilines is 1. The van der Waals surface area contributed by atoms with Crippen LogP contribution in [0.5, 0.6) is 0 Å². The second-order valence-corrected chi connectivity index (χ2v) is 12.9. The standard InChI is InChI=1S/C27H33N7O2.C13H15FN2/c1-2-12-31-26(36)27(10-11-28)9-3-15-32(21-27)20-24(35)34-18-16-33(17-19-34)23-7-5-22(6-8-23)25-29-13-4-14-30-25;1-5-12(7-6-10(3)14)13-8-9(2)11(4)15-16-13/h2,4-8,12-14H,3,9-10,15-21H2,1H3,(H,31,36);5-7,15H,1-2,4,8H2,3H3/b12-2+;10-6+,12-7+. The van der Waals surface area contributed by atoms with E-state index in [1.807, 2.05) is 28.9 Å². The number of aromatic nitrogens is 2. The quantitative estimate of drug-likeness (QED) is 0.296. The van der Waals surface area contributed by atoms with Gasteiger partial charge in [-0.1, -0.05) is 38.0 Å². The number of hydrazone groups is 1. The Morgan fingerprint density at radius 3 is 2.42 bits per heavy atom. The first-order valence-corrected chi connectivity index (χ1v) is 17.4. The maximum absolute atomic E-state index is 13.1. The van der Waals surface area contributed by atoms with E-state index < -0.39 is 5.41 Å². The highest BCUT2D eigenvalue weighted by atomic mass is 19.1. The molecule has 0 saturated carbocycles. The average Bonchev–Trinajstić information content (AvgIpc) is 3.16. The van der Waals surface area contributed by atoms with Gasteiger partial charge in [-0.25, -0.2) is 14.4 Å². The van der Waals surface area contributed by atoms with Crippen molar-refractivity contribution in [3.8, 4) is 17.5 Å². The summed E-state index contributed by atoms with van der Waals surface area (Å²) in [5, 5.41) is 16.3. The smallest absolute Gasteiger partial charge is 0.236 e. The van der Waals surface area contributed by atoms with Crippen LogP contribution in [0.2, 0.25) is 0 Å².